The van der Waals surface area contributed by atoms with Crippen molar-refractivity contribution < 1.29 is 22.8 Å². The molecule has 2 aromatic rings. The van der Waals surface area contributed by atoms with Crippen molar-refractivity contribution in [2.45, 2.75) is 25.6 Å². The minimum Gasteiger partial charge on any atom is -0.337 e. The van der Waals surface area contributed by atoms with Gasteiger partial charge in [-0.15, -0.1) is 0 Å². The summed E-state index contributed by atoms with van der Waals surface area (Å²) in [5, 5.41) is 2.78. The Balaban J connectivity index is 1.65. The number of benzene rings is 2. The highest BCUT2D eigenvalue weighted by molar-refractivity contribution is 6.33. The Morgan fingerprint density at radius 3 is 2.39 bits per heavy atom. The van der Waals surface area contributed by atoms with Crippen molar-refractivity contribution in [3.8, 4) is 0 Å². The average Bonchev–Trinajstić information content (AvgIpc) is 2.99. The summed E-state index contributed by atoms with van der Waals surface area (Å²) in [6, 6.07) is 11.1. The average molecular weight is 454 g/mol. The lowest BCUT2D eigenvalue weighted by Gasteiger charge is -2.27. The molecule has 1 saturated heterocycles. The SMILES string of the molecule is CC(C(=O)Nc1ccccc1C(F)(F)F)N1CCCN(C(=O)c2ccccc2Cl)CC1. The molecular formula is C22H23ClF3N3O2. The van der Waals surface area contributed by atoms with E-state index in [1.165, 1.54) is 18.2 Å². The van der Waals surface area contributed by atoms with Gasteiger partial charge in [0.15, 0.2) is 0 Å². The summed E-state index contributed by atoms with van der Waals surface area (Å²) in [4.78, 5) is 29.0. The van der Waals surface area contributed by atoms with Gasteiger partial charge in [-0.3, -0.25) is 14.5 Å². The highest BCUT2D eigenvalue weighted by Crippen LogP contribution is 2.34. The quantitative estimate of drug-likeness (QED) is 0.739. The third-order valence-corrected chi connectivity index (χ3v) is 5.67. The van der Waals surface area contributed by atoms with E-state index in [2.05, 4.69) is 5.32 Å². The molecule has 1 atom stereocenters. The number of rotatable bonds is 4. The number of hydrogen-bond acceptors (Lipinski definition) is 3. The van der Waals surface area contributed by atoms with Crippen LogP contribution in [0.1, 0.15) is 29.3 Å². The van der Waals surface area contributed by atoms with Crippen LogP contribution >= 0.6 is 11.6 Å². The number of carbonyl (C=O) groups is 2. The van der Waals surface area contributed by atoms with E-state index in [1.54, 1.807) is 36.1 Å². The van der Waals surface area contributed by atoms with Crippen LogP contribution in [0.25, 0.3) is 0 Å². The molecule has 2 aromatic carbocycles. The van der Waals surface area contributed by atoms with Gasteiger partial charge in [-0.2, -0.15) is 13.2 Å². The molecule has 1 unspecified atom stereocenters. The van der Waals surface area contributed by atoms with Crippen LogP contribution in [0, 0.1) is 0 Å². The van der Waals surface area contributed by atoms with Gasteiger partial charge in [0.05, 0.1) is 27.9 Å². The van der Waals surface area contributed by atoms with Crippen molar-refractivity contribution >= 4 is 29.1 Å². The first-order chi connectivity index (χ1) is 14.7. The molecule has 0 aliphatic carbocycles. The number of nitrogens with zero attached hydrogens (tertiary/aromatic N) is 2. The van der Waals surface area contributed by atoms with Gasteiger partial charge < -0.3 is 10.2 Å². The Kier molecular flexibility index (Phi) is 7.23. The van der Waals surface area contributed by atoms with Gasteiger partial charge >= 0.3 is 6.18 Å². The summed E-state index contributed by atoms with van der Waals surface area (Å²) >= 11 is 6.13. The van der Waals surface area contributed by atoms with Crippen LogP contribution in [0.3, 0.4) is 0 Å². The van der Waals surface area contributed by atoms with Crippen molar-refractivity contribution in [1.29, 1.82) is 0 Å². The molecule has 166 valence electrons. The Bertz CT molecular complexity index is 952. The predicted molar refractivity (Wildman–Crippen MR) is 113 cm³/mol. The second-order valence-corrected chi connectivity index (χ2v) is 7.78. The van der Waals surface area contributed by atoms with Crippen molar-refractivity contribution in [1.82, 2.24) is 9.80 Å². The summed E-state index contributed by atoms with van der Waals surface area (Å²) in [6.45, 7) is 3.51. The summed E-state index contributed by atoms with van der Waals surface area (Å²) in [6.07, 6.45) is -3.93. The molecule has 0 radical (unpaired) electrons. The topological polar surface area (TPSA) is 52.7 Å². The molecule has 0 saturated carbocycles. The fraction of sp³-hybridized carbons (Fsp3) is 0.364. The Morgan fingerprint density at radius 2 is 1.68 bits per heavy atom. The standard InChI is InChI=1S/C22H23ClF3N3O2/c1-15(20(30)27-19-10-5-3-8-17(19)22(24,25)26)28-11-6-12-29(14-13-28)21(31)16-7-2-4-9-18(16)23/h2-5,7-10,15H,6,11-14H2,1H3,(H,27,30). The zero-order valence-electron chi connectivity index (χ0n) is 17.0. The summed E-state index contributed by atoms with van der Waals surface area (Å²) in [5.74, 6) is -0.703. The maximum Gasteiger partial charge on any atom is 0.418 e. The number of hydrogen-bond donors (Lipinski definition) is 1. The Morgan fingerprint density at radius 1 is 1.00 bits per heavy atom. The fourth-order valence-corrected chi connectivity index (χ4v) is 3.79. The maximum absolute atomic E-state index is 13.2. The normalized spacial score (nSPS) is 16.5. The molecule has 0 spiro atoms. The zero-order chi connectivity index (χ0) is 22.6. The van der Waals surface area contributed by atoms with Gasteiger partial charge in [0.1, 0.15) is 0 Å². The molecule has 0 bridgehead atoms. The second kappa shape index (κ2) is 9.70. The van der Waals surface area contributed by atoms with Crippen molar-refractivity contribution in [2.24, 2.45) is 0 Å². The van der Waals surface area contributed by atoms with E-state index < -0.39 is 23.7 Å². The first-order valence-corrected chi connectivity index (χ1v) is 10.3. The first-order valence-electron chi connectivity index (χ1n) is 9.93. The van der Waals surface area contributed by atoms with E-state index in [-0.39, 0.29) is 11.6 Å². The molecule has 3 rings (SSSR count). The first kappa shape index (κ1) is 23.1. The number of halogens is 4. The smallest absolute Gasteiger partial charge is 0.337 e. The summed E-state index contributed by atoms with van der Waals surface area (Å²) < 4.78 is 39.6. The van der Waals surface area contributed by atoms with Gasteiger partial charge in [-0.25, -0.2) is 0 Å². The zero-order valence-corrected chi connectivity index (χ0v) is 17.7. The lowest BCUT2D eigenvalue weighted by molar-refractivity contribution is -0.137. The molecule has 1 fully saturated rings. The van der Waals surface area contributed by atoms with Gasteiger partial charge in [0.25, 0.3) is 5.91 Å². The number of carbonyl (C=O) groups excluding carboxylic acids is 2. The minimum atomic E-state index is -4.56. The number of amides is 2. The highest BCUT2D eigenvalue weighted by atomic mass is 35.5. The van der Waals surface area contributed by atoms with Crippen LogP contribution in [0.15, 0.2) is 48.5 Å². The highest BCUT2D eigenvalue weighted by Gasteiger charge is 2.34. The van der Waals surface area contributed by atoms with E-state index in [0.29, 0.717) is 43.2 Å². The molecule has 1 aliphatic rings. The number of para-hydroxylation sites is 1. The van der Waals surface area contributed by atoms with Crippen LogP contribution < -0.4 is 5.32 Å². The molecule has 0 aromatic heterocycles. The molecule has 2 amide bonds. The summed E-state index contributed by atoms with van der Waals surface area (Å²) in [7, 11) is 0. The molecule has 31 heavy (non-hydrogen) atoms. The van der Waals surface area contributed by atoms with Crippen LogP contribution in [0.4, 0.5) is 18.9 Å². The van der Waals surface area contributed by atoms with E-state index in [0.717, 1.165) is 6.07 Å². The maximum atomic E-state index is 13.2. The van der Waals surface area contributed by atoms with Crippen molar-refractivity contribution in [3.05, 3.63) is 64.7 Å². The Hall–Kier alpha value is -2.58. The largest absolute Gasteiger partial charge is 0.418 e. The molecule has 5 nitrogen and oxygen atoms in total. The van der Waals surface area contributed by atoms with Crippen molar-refractivity contribution in [2.75, 3.05) is 31.5 Å². The second-order valence-electron chi connectivity index (χ2n) is 7.37. The van der Waals surface area contributed by atoms with Crippen LogP contribution in [-0.4, -0.2) is 53.8 Å². The monoisotopic (exact) mass is 453 g/mol. The van der Waals surface area contributed by atoms with Gasteiger partial charge in [0, 0.05) is 26.2 Å². The van der Waals surface area contributed by atoms with Crippen LogP contribution in [0.5, 0.6) is 0 Å². The van der Waals surface area contributed by atoms with E-state index in [4.69, 9.17) is 11.6 Å². The summed E-state index contributed by atoms with van der Waals surface area (Å²) in [5.41, 5.74) is -0.729. The molecule has 9 heteroatoms. The lowest BCUT2D eigenvalue weighted by Crippen LogP contribution is -2.44. The number of alkyl halides is 3. The van der Waals surface area contributed by atoms with E-state index in [9.17, 15) is 22.8 Å². The third kappa shape index (κ3) is 5.57. The van der Waals surface area contributed by atoms with Gasteiger partial charge in [0.2, 0.25) is 5.91 Å². The minimum absolute atomic E-state index is 0.177. The number of anilines is 1. The third-order valence-electron chi connectivity index (χ3n) is 5.34. The molecule has 1 aliphatic heterocycles. The number of nitrogens with one attached hydrogen (secondary N) is 1. The van der Waals surface area contributed by atoms with Crippen LogP contribution in [0.2, 0.25) is 5.02 Å². The van der Waals surface area contributed by atoms with E-state index in [1.807, 2.05) is 4.90 Å². The predicted octanol–water partition coefficient (Wildman–Crippen LogP) is 4.53. The molecular weight excluding hydrogens is 431 g/mol. The van der Waals surface area contributed by atoms with Gasteiger partial charge in [-0.1, -0.05) is 35.9 Å². The molecule has 1 heterocycles. The van der Waals surface area contributed by atoms with Crippen molar-refractivity contribution in [3.63, 3.8) is 0 Å². The van der Waals surface area contributed by atoms with E-state index >= 15 is 0 Å². The van der Waals surface area contributed by atoms with Crippen LogP contribution in [-0.2, 0) is 11.0 Å². The molecule has 1 N–H and O–H groups in total. The lowest BCUT2D eigenvalue weighted by atomic mass is 10.1. The fourth-order valence-electron chi connectivity index (χ4n) is 3.58. The van der Waals surface area contributed by atoms with Gasteiger partial charge in [-0.05, 0) is 37.6 Å². The Labute approximate surface area is 183 Å².